The van der Waals surface area contributed by atoms with Gasteiger partial charge in [-0.15, -0.1) is 11.3 Å². The normalized spacial score (nSPS) is 17.7. The van der Waals surface area contributed by atoms with Gasteiger partial charge >= 0.3 is 0 Å². The second-order valence-corrected chi connectivity index (χ2v) is 6.73. The second-order valence-electron chi connectivity index (χ2n) is 6.01. The van der Waals surface area contributed by atoms with E-state index in [0.717, 1.165) is 31.4 Å². The summed E-state index contributed by atoms with van der Waals surface area (Å²) in [6, 6.07) is 10.5. The molecular weight excluding hydrogens is 306 g/mol. The third-order valence-corrected chi connectivity index (χ3v) is 5.00. The van der Waals surface area contributed by atoms with Gasteiger partial charge in [-0.05, 0) is 42.5 Å². The van der Waals surface area contributed by atoms with Crippen molar-refractivity contribution in [2.24, 2.45) is 5.92 Å². The topological polar surface area (TPSA) is 46.1 Å². The zero-order valence-electron chi connectivity index (χ0n) is 12.7. The van der Waals surface area contributed by atoms with E-state index in [1.165, 1.54) is 22.3 Å². The second kappa shape index (κ2) is 6.08. The molecule has 0 radical (unpaired) electrons. The van der Waals surface area contributed by atoms with Crippen molar-refractivity contribution in [1.29, 1.82) is 0 Å². The first kappa shape index (κ1) is 14.3. The number of carbonyl (C=O) groups is 1. The molecule has 0 spiro atoms. The average molecular weight is 323 g/mol. The van der Waals surface area contributed by atoms with E-state index in [4.69, 9.17) is 0 Å². The molecule has 1 aliphatic heterocycles. The summed E-state index contributed by atoms with van der Waals surface area (Å²) in [5.74, 6) is 0.586. The van der Waals surface area contributed by atoms with Crippen LogP contribution < -0.4 is 0 Å². The van der Waals surface area contributed by atoms with Gasteiger partial charge in [0.25, 0.3) is 5.91 Å². The predicted molar refractivity (Wildman–Crippen MR) is 91.6 cm³/mol. The quantitative estimate of drug-likeness (QED) is 0.742. The summed E-state index contributed by atoms with van der Waals surface area (Å²) in [4.78, 5) is 22.8. The summed E-state index contributed by atoms with van der Waals surface area (Å²) in [7, 11) is 0. The Morgan fingerprint density at radius 1 is 1.30 bits per heavy atom. The molecule has 1 aliphatic rings. The molecule has 1 amide bonds. The van der Waals surface area contributed by atoms with Crippen LogP contribution in [0.2, 0.25) is 0 Å². The largest absolute Gasteiger partial charge is 0.337 e. The first-order valence-corrected chi connectivity index (χ1v) is 8.75. The molecule has 3 heterocycles. The SMILES string of the molecule is O=C(c1cscn1)N1CCC(Cc2ccc3ncccc3c2)C1. The molecule has 2 aromatic heterocycles. The first-order chi connectivity index (χ1) is 11.3. The van der Waals surface area contributed by atoms with Crippen LogP contribution in [0.1, 0.15) is 22.5 Å². The fraction of sp³-hybridized carbons (Fsp3) is 0.278. The molecule has 1 unspecified atom stereocenters. The maximum absolute atomic E-state index is 12.3. The number of pyridine rings is 1. The Morgan fingerprint density at radius 2 is 2.26 bits per heavy atom. The lowest BCUT2D eigenvalue weighted by Gasteiger charge is -2.15. The third kappa shape index (κ3) is 2.97. The van der Waals surface area contributed by atoms with Gasteiger partial charge in [-0.2, -0.15) is 0 Å². The van der Waals surface area contributed by atoms with E-state index in [1.54, 1.807) is 5.51 Å². The van der Waals surface area contributed by atoms with E-state index < -0.39 is 0 Å². The van der Waals surface area contributed by atoms with Crippen LogP contribution in [0.15, 0.2) is 47.4 Å². The number of rotatable bonds is 3. The van der Waals surface area contributed by atoms with Gasteiger partial charge in [0.1, 0.15) is 5.69 Å². The lowest BCUT2D eigenvalue weighted by Crippen LogP contribution is -2.29. The number of carbonyl (C=O) groups excluding carboxylic acids is 1. The number of benzene rings is 1. The van der Waals surface area contributed by atoms with Crippen molar-refractivity contribution in [3.05, 3.63) is 58.7 Å². The number of amides is 1. The van der Waals surface area contributed by atoms with Crippen LogP contribution in [0.5, 0.6) is 0 Å². The van der Waals surface area contributed by atoms with Crippen LogP contribution in [0.4, 0.5) is 0 Å². The van der Waals surface area contributed by atoms with Crippen LogP contribution in [0.3, 0.4) is 0 Å². The van der Waals surface area contributed by atoms with E-state index in [2.05, 4.69) is 34.2 Å². The van der Waals surface area contributed by atoms with Gasteiger partial charge in [-0.25, -0.2) is 4.98 Å². The Hall–Kier alpha value is -2.27. The highest BCUT2D eigenvalue weighted by Gasteiger charge is 2.27. The van der Waals surface area contributed by atoms with Crippen molar-refractivity contribution in [3.8, 4) is 0 Å². The Bertz CT molecular complexity index is 831. The average Bonchev–Trinajstić information content (AvgIpc) is 3.26. The highest BCUT2D eigenvalue weighted by Crippen LogP contribution is 2.24. The highest BCUT2D eigenvalue weighted by molar-refractivity contribution is 7.07. The molecule has 23 heavy (non-hydrogen) atoms. The number of thiazole rings is 1. The fourth-order valence-electron chi connectivity index (χ4n) is 3.25. The van der Waals surface area contributed by atoms with Crippen LogP contribution in [-0.4, -0.2) is 33.9 Å². The van der Waals surface area contributed by atoms with Gasteiger partial charge in [0.15, 0.2) is 0 Å². The molecule has 0 bridgehead atoms. The minimum atomic E-state index is 0.0662. The molecule has 0 N–H and O–H groups in total. The monoisotopic (exact) mass is 323 g/mol. The molecule has 1 fully saturated rings. The van der Waals surface area contributed by atoms with Crippen molar-refractivity contribution < 1.29 is 4.79 Å². The van der Waals surface area contributed by atoms with Crippen molar-refractivity contribution in [1.82, 2.24) is 14.9 Å². The molecule has 1 saturated heterocycles. The standard InChI is InChI=1S/C18H17N3OS/c22-18(17-11-23-12-20-17)21-7-5-14(10-21)8-13-3-4-16-15(9-13)2-1-6-19-16/h1-4,6,9,11-12,14H,5,7-8,10H2. The Balaban J connectivity index is 1.44. The summed E-state index contributed by atoms with van der Waals surface area (Å²) in [6.45, 7) is 1.65. The third-order valence-electron chi connectivity index (χ3n) is 4.42. The van der Waals surface area contributed by atoms with Crippen molar-refractivity contribution >= 4 is 28.1 Å². The molecule has 3 aromatic rings. The number of hydrogen-bond donors (Lipinski definition) is 0. The van der Waals surface area contributed by atoms with Gasteiger partial charge in [-0.1, -0.05) is 12.1 Å². The first-order valence-electron chi connectivity index (χ1n) is 7.81. The van der Waals surface area contributed by atoms with Crippen LogP contribution in [0, 0.1) is 5.92 Å². The molecule has 4 nitrogen and oxygen atoms in total. The molecule has 5 heteroatoms. The Morgan fingerprint density at radius 3 is 3.13 bits per heavy atom. The summed E-state index contributed by atoms with van der Waals surface area (Å²) >= 11 is 1.47. The van der Waals surface area contributed by atoms with Crippen LogP contribution in [0.25, 0.3) is 10.9 Å². The van der Waals surface area contributed by atoms with Crippen molar-refractivity contribution in [3.63, 3.8) is 0 Å². The van der Waals surface area contributed by atoms with E-state index in [0.29, 0.717) is 11.6 Å². The summed E-state index contributed by atoms with van der Waals surface area (Å²) in [5.41, 5.74) is 4.64. The lowest BCUT2D eigenvalue weighted by molar-refractivity contribution is 0.0782. The molecule has 1 atom stereocenters. The number of likely N-dealkylation sites (tertiary alicyclic amines) is 1. The van der Waals surface area contributed by atoms with Gasteiger partial charge in [0.05, 0.1) is 11.0 Å². The van der Waals surface area contributed by atoms with Crippen LogP contribution in [-0.2, 0) is 6.42 Å². The minimum Gasteiger partial charge on any atom is -0.337 e. The number of aromatic nitrogens is 2. The molecule has 4 rings (SSSR count). The number of hydrogen-bond acceptors (Lipinski definition) is 4. The fourth-order valence-corrected chi connectivity index (χ4v) is 3.78. The minimum absolute atomic E-state index is 0.0662. The van der Waals surface area contributed by atoms with Gasteiger partial charge in [0, 0.05) is 30.1 Å². The summed E-state index contributed by atoms with van der Waals surface area (Å²) in [5, 5.41) is 3.00. The maximum atomic E-state index is 12.3. The molecular formula is C18H17N3OS. The number of fused-ring (bicyclic) bond motifs is 1. The molecule has 0 aliphatic carbocycles. The zero-order chi connectivity index (χ0) is 15.6. The molecule has 0 saturated carbocycles. The number of nitrogens with zero attached hydrogens (tertiary/aromatic N) is 3. The van der Waals surface area contributed by atoms with Gasteiger partial charge < -0.3 is 4.90 Å². The molecule has 1 aromatic carbocycles. The Kier molecular flexibility index (Phi) is 3.79. The van der Waals surface area contributed by atoms with Crippen molar-refractivity contribution in [2.75, 3.05) is 13.1 Å². The molecule has 116 valence electrons. The smallest absolute Gasteiger partial charge is 0.273 e. The maximum Gasteiger partial charge on any atom is 0.273 e. The highest BCUT2D eigenvalue weighted by atomic mass is 32.1. The summed E-state index contributed by atoms with van der Waals surface area (Å²) < 4.78 is 0. The lowest BCUT2D eigenvalue weighted by atomic mass is 9.97. The van der Waals surface area contributed by atoms with E-state index in [9.17, 15) is 4.79 Å². The van der Waals surface area contributed by atoms with Crippen LogP contribution >= 0.6 is 11.3 Å². The van der Waals surface area contributed by atoms with E-state index >= 15 is 0 Å². The van der Waals surface area contributed by atoms with E-state index in [-0.39, 0.29) is 5.91 Å². The zero-order valence-corrected chi connectivity index (χ0v) is 13.5. The Labute approximate surface area is 138 Å². The van der Waals surface area contributed by atoms with E-state index in [1.807, 2.05) is 22.5 Å². The van der Waals surface area contributed by atoms with Gasteiger partial charge in [0.2, 0.25) is 0 Å². The predicted octanol–water partition coefficient (Wildman–Crippen LogP) is 3.40. The van der Waals surface area contributed by atoms with Gasteiger partial charge in [-0.3, -0.25) is 9.78 Å². The summed E-state index contributed by atoms with van der Waals surface area (Å²) in [6.07, 6.45) is 3.88. The van der Waals surface area contributed by atoms with Crippen molar-refractivity contribution in [2.45, 2.75) is 12.8 Å².